The first-order valence-electron chi connectivity index (χ1n) is 12.9. The molecule has 1 aliphatic carbocycles. The average Bonchev–Trinajstić information content (AvgIpc) is 3.33. The number of guanidine groups is 1. The highest BCUT2D eigenvalue weighted by molar-refractivity contribution is 5.87. The number of nitrogens with one attached hydrogen (secondary N) is 1. The fourth-order valence-corrected chi connectivity index (χ4v) is 4.41. The van der Waals surface area contributed by atoms with Gasteiger partial charge in [0.2, 0.25) is 5.96 Å². The van der Waals surface area contributed by atoms with Crippen molar-refractivity contribution in [2.24, 2.45) is 9.98 Å². The monoisotopic (exact) mass is 508 g/mol. The van der Waals surface area contributed by atoms with E-state index >= 15 is 0 Å². The van der Waals surface area contributed by atoms with E-state index in [-0.39, 0.29) is 5.56 Å². The van der Waals surface area contributed by atoms with Crippen molar-refractivity contribution in [3.63, 3.8) is 0 Å². The highest BCUT2D eigenvalue weighted by Gasteiger charge is 2.25. The smallest absolute Gasteiger partial charge is 0.270 e. The molecular formula is C29H38F2N6. The molecule has 1 heterocycles. The Labute approximate surface area is 219 Å². The second-order valence-corrected chi connectivity index (χ2v) is 9.36. The lowest BCUT2D eigenvalue weighted by Gasteiger charge is -2.28. The van der Waals surface area contributed by atoms with Crippen LogP contribution in [0, 0.1) is 0 Å². The Bertz CT molecular complexity index is 1180. The molecular weight excluding hydrogens is 470 g/mol. The molecule has 1 aliphatic rings. The zero-order valence-electron chi connectivity index (χ0n) is 22.2. The van der Waals surface area contributed by atoms with Gasteiger partial charge in [0.05, 0.1) is 11.4 Å². The van der Waals surface area contributed by atoms with Crippen LogP contribution < -0.4 is 16.0 Å². The first-order valence-corrected chi connectivity index (χ1v) is 12.9. The third kappa shape index (κ3) is 7.24. The molecule has 0 spiro atoms. The van der Waals surface area contributed by atoms with Crippen LogP contribution in [0.3, 0.4) is 0 Å². The van der Waals surface area contributed by atoms with Crippen molar-refractivity contribution in [1.29, 1.82) is 0 Å². The summed E-state index contributed by atoms with van der Waals surface area (Å²) in [5.74, 6) is -1.56. The zero-order chi connectivity index (χ0) is 27.0. The number of rotatable bonds is 11. The van der Waals surface area contributed by atoms with Crippen molar-refractivity contribution >= 4 is 24.2 Å². The van der Waals surface area contributed by atoms with Gasteiger partial charge in [-0.3, -0.25) is 0 Å². The Morgan fingerprint density at radius 2 is 1.97 bits per heavy atom. The van der Waals surface area contributed by atoms with Crippen molar-refractivity contribution in [2.75, 3.05) is 17.2 Å². The van der Waals surface area contributed by atoms with E-state index in [1.54, 1.807) is 24.3 Å². The number of anilines is 2. The molecule has 0 saturated carbocycles. The minimum Gasteiger partial charge on any atom is -0.396 e. The van der Waals surface area contributed by atoms with Crippen molar-refractivity contribution in [3.05, 3.63) is 65.6 Å². The number of benzene rings is 1. The second kappa shape index (κ2) is 12.6. The summed E-state index contributed by atoms with van der Waals surface area (Å²) in [5, 5.41) is 3.20. The molecule has 0 saturated heterocycles. The molecule has 1 aromatic heterocycles. The van der Waals surface area contributed by atoms with Gasteiger partial charge in [0.25, 0.3) is 5.92 Å². The number of hydrogen-bond acceptors (Lipinski definition) is 4. The van der Waals surface area contributed by atoms with Gasteiger partial charge in [-0.05, 0) is 62.6 Å². The van der Waals surface area contributed by atoms with Gasteiger partial charge in [-0.2, -0.15) is 0 Å². The first kappa shape index (κ1) is 28.0. The third-order valence-electron chi connectivity index (χ3n) is 6.51. The van der Waals surface area contributed by atoms with Crippen LogP contribution in [0.25, 0.3) is 11.3 Å². The summed E-state index contributed by atoms with van der Waals surface area (Å²) in [7, 11) is 0. The maximum Gasteiger partial charge on any atom is 0.270 e. The summed E-state index contributed by atoms with van der Waals surface area (Å²) in [5.41, 5.74) is 10.3. The Hall–Kier alpha value is -3.55. The molecule has 0 amide bonds. The number of halogens is 2. The van der Waals surface area contributed by atoms with Crippen molar-refractivity contribution < 1.29 is 8.78 Å². The highest BCUT2D eigenvalue weighted by atomic mass is 19.3. The predicted octanol–water partition coefficient (Wildman–Crippen LogP) is 7.40. The Morgan fingerprint density at radius 3 is 2.65 bits per heavy atom. The van der Waals surface area contributed by atoms with Crippen LogP contribution in [-0.4, -0.2) is 24.2 Å². The minimum atomic E-state index is -2.95. The maximum absolute atomic E-state index is 14.0. The van der Waals surface area contributed by atoms with Crippen LogP contribution in [0.1, 0.15) is 71.3 Å². The maximum atomic E-state index is 14.0. The second-order valence-electron chi connectivity index (χ2n) is 9.36. The molecule has 0 fully saturated rings. The molecule has 8 heteroatoms. The summed E-state index contributed by atoms with van der Waals surface area (Å²) >= 11 is 0. The lowest BCUT2D eigenvalue weighted by Crippen LogP contribution is -2.35. The fraction of sp³-hybridized carbons (Fsp3) is 0.414. The van der Waals surface area contributed by atoms with Gasteiger partial charge >= 0.3 is 0 Å². The number of aliphatic imine (C=N–C) groups is 2. The number of nitrogens with zero attached hydrogens (tertiary/aromatic N) is 4. The van der Waals surface area contributed by atoms with Crippen LogP contribution >= 0.6 is 0 Å². The number of aromatic nitrogens is 1. The number of allylic oxidation sites excluding steroid dienone is 2. The van der Waals surface area contributed by atoms with E-state index in [2.05, 4.69) is 37.5 Å². The van der Waals surface area contributed by atoms with Gasteiger partial charge in [-0.1, -0.05) is 51.5 Å². The van der Waals surface area contributed by atoms with E-state index in [0.29, 0.717) is 41.1 Å². The predicted molar refractivity (Wildman–Crippen MR) is 151 cm³/mol. The lowest BCUT2D eigenvalue weighted by atomic mass is 10.0. The van der Waals surface area contributed by atoms with Gasteiger partial charge < -0.3 is 16.0 Å². The number of unbranched alkanes of at least 4 members (excludes halogenated alkanes) is 2. The van der Waals surface area contributed by atoms with E-state index in [9.17, 15) is 8.78 Å². The largest absolute Gasteiger partial charge is 0.396 e. The Kier molecular flexibility index (Phi) is 9.55. The summed E-state index contributed by atoms with van der Waals surface area (Å²) in [4.78, 5) is 15.5. The van der Waals surface area contributed by atoms with Gasteiger partial charge in [0, 0.05) is 30.3 Å². The fourth-order valence-electron chi connectivity index (χ4n) is 4.41. The number of pyridine rings is 1. The van der Waals surface area contributed by atoms with E-state index in [0.717, 1.165) is 57.6 Å². The summed E-state index contributed by atoms with van der Waals surface area (Å²) in [6.07, 6.45) is 6.99. The molecule has 0 aliphatic heterocycles. The van der Waals surface area contributed by atoms with E-state index in [4.69, 9.17) is 15.7 Å². The highest BCUT2D eigenvalue weighted by Crippen LogP contribution is 2.33. The van der Waals surface area contributed by atoms with Crippen molar-refractivity contribution in [1.82, 2.24) is 10.3 Å². The van der Waals surface area contributed by atoms with Crippen LogP contribution in [-0.2, 0) is 5.92 Å². The van der Waals surface area contributed by atoms with Crippen LogP contribution in [0.5, 0.6) is 0 Å². The van der Waals surface area contributed by atoms with Gasteiger partial charge in [-0.25, -0.2) is 23.7 Å². The van der Waals surface area contributed by atoms with Crippen LogP contribution in [0.2, 0.25) is 0 Å². The minimum absolute atomic E-state index is 0.0679. The zero-order valence-corrected chi connectivity index (χ0v) is 22.2. The van der Waals surface area contributed by atoms with E-state index in [1.807, 2.05) is 4.90 Å². The van der Waals surface area contributed by atoms with Crippen LogP contribution in [0.15, 0.2) is 70.1 Å². The molecule has 0 bridgehead atoms. The van der Waals surface area contributed by atoms with Gasteiger partial charge in [0.15, 0.2) is 5.82 Å². The lowest BCUT2D eigenvalue weighted by molar-refractivity contribution is 0.0175. The number of hydrogen-bond donors (Lipinski definition) is 2. The number of nitrogen functional groups attached to an aromatic ring is 1. The first-order chi connectivity index (χ1) is 17.7. The summed E-state index contributed by atoms with van der Waals surface area (Å²) in [6.45, 7) is 13.7. The Balaban J connectivity index is 1.96. The molecule has 0 radical (unpaired) electrons. The molecule has 1 aromatic carbocycles. The average molecular weight is 509 g/mol. The van der Waals surface area contributed by atoms with E-state index in [1.165, 1.54) is 17.7 Å². The molecule has 2 aromatic rings. The summed E-state index contributed by atoms with van der Waals surface area (Å²) in [6, 6.07) is 9.73. The topological polar surface area (TPSA) is 78.9 Å². The van der Waals surface area contributed by atoms with Gasteiger partial charge in [0.1, 0.15) is 5.82 Å². The molecule has 0 unspecified atom stereocenters. The summed E-state index contributed by atoms with van der Waals surface area (Å²) < 4.78 is 27.9. The third-order valence-corrected chi connectivity index (χ3v) is 6.51. The molecule has 3 N–H and O–H groups in total. The molecule has 3 rings (SSSR count). The standard InChI is InChI=1S/C29H38F2N6/c1-6-8-9-18-37(20(3)34-28(33-5)36-25-15-11-12-21(25)7-2)27-24(32)16-17-26(35-27)22-13-10-14-23(19-22)29(4,30)31/h10,13-14,16-17,19H,3,5-9,11-12,15,18,32H2,1-2,4H3,(H,34,36). The van der Waals surface area contributed by atoms with Crippen molar-refractivity contribution in [3.8, 4) is 11.3 Å². The van der Waals surface area contributed by atoms with E-state index < -0.39 is 5.92 Å². The molecule has 6 nitrogen and oxygen atoms in total. The quantitative estimate of drug-likeness (QED) is 0.188. The number of nitrogens with two attached hydrogens (primary N) is 1. The number of alkyl halides is 2. The molecule has 37 heavy (non-hydrogen) atoms. The molecule has 198 valence electrons. The normalized spacial score (nSPS) is 14.1. The van der Waals surface area contributed by atoms with Gasteiger partial charge in [-0.15, -0.1) is 0 Å². The Morgan fingerprint density at radius 1 is 1.19 bits per heavy atom. The SMILES string of the molecule is C=N/C(=N\C1=C(CC)CCC1)NC(=C)N(CCCCC)c1nc(-c2cccc(C(C)(F)F)c2)ccc1N. The van der Waals surface area contributed by atoms with Crippen molar-refractivity contribution in [2.45, 2.75) is 71.6 Å². The molecule has 0 atom stereocenters. The van der Waals surface area contributed by atoms with Crippen LogP contribution in [0.4, 0.5) is 20.3 Å².